The maximum absolute atomic E-state index is 13.8. The van der Waals surface area contributed by atoms with E-state index in [4.69, 9.17) is 9.76 Å². The van der Waals surface area contributed by atoms with Crippen molar-refractivity contribution in [3.05, 3.63) is 28.8 Å². The number of hydrogen-bond acceptors (Lipinski definition) is 4. The van der Waals surface area contributed by atoms with Crippen LogP contribution in [0.5, 0.6) is 5.75 Å². The minimum absolute atomic E-state index is 0.141. The van der Waals surface area contributed by atoms with Crippen LogP contribution < -0.4 is 9.97 Å². The monoisotopic (exact) mass is 299 g/mol. The third-order valence-electron chi connectivity index (χ3n) is 3.17. The zero-order valence-corrected chi connectivity index (χ0v) is 11.0. The lowest BCUT2D eigenvalue weighted by atomic mass is 9.72. The molecule has 112 valence electrons. The molecule has 0 radical (unpaired) electrons. The summed E-state index contributed by atoms with van der Waals surface area (Å²) in [6, 6.07) is 0.494. The summed E-state index contributed by atoms with van der Waals surface area (Å²) in [5.41, 5.74) is -0.901. The van der Waals surface area contributed by atoms with Crippen LogP contribution in [-0.2, 0) is 11.2 Å². The van der Waals surface area contributed by atoms with Crippen LogP contribution in [0.25, 0.3) is 0 Å². The van der Waals surface area contributed by atoms with E-state index in [0.717, 1.165) is 0 Å². The van der Waals surface area contributed by atoms with Gasteiger partial charge in [0, 0.05) is 12.0 Å². The van der Waals surface area contributed by atoms with Gasteiger partial charge in [0.05, 0.1) is 5.94 Å². The molecule has 0 aliphatic carbocycles. The summed E-state index contributed by atoms with van der Waals surface area (Å²) >= 11 is 0. The number of rotatable bonds is 3. The predicted molar refractivity (Wildman–Crippen MR) is 67.8 cm³/mol. The van der Waals surface area contributed by atoms with Crippen LogP contribution in [0.4, 0.5) is 8.78 Å². The first-order valence-corrected chi connectivity index (χ1v) is 6.23. The summed E-state index contributed by atoms with van der Waals surface area (Å²) in [5.74, 6) is -5.89. The summed E-state index contributed by atoms with van der Waals surface area (Å²) < 4.78 is 32.2. The normalized spacial score (nSPS) is 17.0. The number of carbonyl (C=O) groups is 2. The van der Waals surface area contributed by atoms with Crippen LogP contribution in [0.2, 0.25) is 0 Å². The van der Waals surface area contributed by atoms with Gasteiger partial charge in [-0.1, -0.05) is 6.92 Å². The zero-order valence-electron chi connectivity index (χ0n) is 11.0. The second kappa shape index (κ2) is 5.68. The molecule has 9 heteroatoms. The minimum Gasteiger partial charge on any atom is -0.534 e. The summed E-state index contributed by atoms with van der Waals surface area (Å²) in [7, 11) is -1.55. The van der Waals surface area contributed by atoms with E-state index in [-0.39, 0.29) is 18.4 Å². The summed E-state index contributed by atoms with van der Waals surface area (Å²) in [5, 5.41) is 21.2. The molecule has 1 aliphatic heterocycles. The molecule has 0 bridgehead atoms. The van der Waals surface area contributed by atoms with Crippen LogP contribution in [-0.4, -0.2) is 35.1 Å². The van der Waals surface area contributed by atoms with Gasteiger partial charge >= 0.3 is 13.1 Å². The third-order valence-corrected chi connectivity index (χ3v) is 3.17. The van der Waals surface area contributed by atoms with Crippen LogP contribution in [0, 0.1) is 11.6 Å². The van der Waals surface area contributed by atoms with Crippen molar-refractivity contribution in [2.24, 2.45) is 0 Å². The van der Waals surface area contributed by atoms with Gasteiger partial charge in [-0.25, -0.2) is 13.6 Å². The van der Waals surface area contributed by atoms with Gasteiger partial charge in [0.25, 0.3) is 0 Å². The van der Waals surface area contributed by atoms with Crippen molar-refractivity contribution in [3.8, 4) is 5.75 Å². The molecule has 1 aromatic carbocycles. The number of fused-ring (bicyclic) bond motifs is 1. The highest BCUT2D eigenvalue weighted by molar-refractivity contribution is 6.47. The SMILES string of the molecule is CCC(=O)NC1Cc2c(F)c(F)cc(C(=O)O)c2OB1O. The topological polar surface area (TPSA) is 95.9 Å². The van der Waals surface area contributed by atoms with Gasteiger partial charge in [0.15, 0.2) is 11.6 Å². The van der Waals surface area contributed by atoms with Crippen molar-refractivity contribution in [1.82, 2.24) is 5.32 Å². The molecule has 6 nitrogen and oxygen atoms in total. The number of carbonyl (C=O) groups excluding carboxylic acids is 1. The fourth-order valence-electron chi connectivity index (χ4n) is 2.09. The van der Waals surface area contributed by atoms with Crippen LogP contribution in [0.1, 0.15) is 29.3 Å². The Labute approximate surface area is 118 Å². The molecule has 0 saturated carbocycles. The Morgan fingerprint density at radius 3 is 2.76 bits per heavy atom. The van der Waals surface area contributed by atoms with Crippen molar-refractivity contribution in [1.29, 1.82) is 0 Å². The molecule has 0 saturated heterocycles. The number of carboxylic acid groups (broad SMARTS) is 1. The summed E-state index contributed by atoms with van der Waals surface area (Å²) in [4.78, 5) is 22.4. The predicted octanol–water partition coefficient (Wildman–Crippen LogP) is 0.512. The molecule has 2 rings (SSSR count). The first kappa shape index (κ1) is 15.2. The van der Waals surface area contributed by atoms with E-state index in [2.05, 4.69) is 5.32 Å². The molecule has 21 heavy (non-hydrogen) atoms. The molecule has 1 atom stereocenters. The van der Waals surface area contributed by atoms with Gasteiger partial charge in [-0.05, 0) is 12.5 Å². The average molecular weight is 299 g/mol. The van der Waals surface area contributed by atoms with E-state index >= 15 is 0 Å². The van der Waals surface area contributed by atoms with E-state index in [1.54, 1.807) is 6.92 Å². The third kappa shape index (κ3) is 2.82. The molecule has 0 fully saturated rings. The van der Waals surface area contributed by atoms with Crippen molar-refractivity contribution < 1.29 is 33.2 Å². The number of nitrogens with one attached hydrogen (secondary N) is 1. The van der Waals surface area contributed by atoms with Gasteiger partial charge < -0.3 is 20.1 Å². The smallest absolute Gasteiger partial charge is 0.534 e. The number of halogens is 2. The molecule has 1 heterocycles. The molecular formula is C12H12BF2NO5. The fraction of sp³-hybridized carbons (Fsp3) is 0.333. The van der Waals surface area contributed by atoms with Crippen molar-refractivity contribution in [2.75, 3.05) is 0 Å². The Bertz CT molecular complexity index is 610. The Hall–Kier alpha value is -2.16. The molecule has 3 N–H and O–H groups in total. The largest absolute Gasteiger partial charge is 0.547 e. The molecule has 0 spiro atoms. The van der Waals surface area contributed by atoms with Crippen molar-refractivity contribution in [3.63, 3.8) is 0 Å². The second-order valence-corrected chi connectivity index (χ2v) is 4.57. The summed E-state index contributed by atoms with van der Waals surface area (Å²) in [6.07, 6.45) is -0.131. The highest BCUT2D eigenvalue weighted by atomic mass is 19.2. The first-order valence-electron chi connectivity index (χ1n) is 6.23. The summed E-state index contributed by atoms with van der Waals surface area (Å²) in [6.45, 7) is 1.59. The van der Waals surface area contributed by atoms with E-state index in [1.807, 2.05) is 0 Å². The van der Waals surface area contributed by atoms with Crippen molar-refractivity contribution >= 4 is 19.0 Å². The van der Waals surface area contributed by atoms with Crippen LogP contribution in [0.15, 0.2) is 6.07 Å². The lowest BCUT2D eigenvalue weighted by Gasteiger charge is -2.29. The standard InChI is InChI=1S/C12H12BF2NO5/c1-2-9(17)16-8-4-5-10(15)7(14)3-6(12(18)19)11(5)21-13(8)20/h3,8,20H,2,4H2,1H3,(H,16,17)(H,18,19). The van der Waals surface area contributed by atoms with Crippen molar-refractivity contribution in [2.45, 2.75) is 25.7 Å². The molecule has 1 aliphatic rings. The van der Waals surface area contributed by atoms with Gasteiger partial charge in [-0.2, -0.15) is 0 Å². The molecular weight excluding hydrogens is 287 g/mol. The second-order valence-electron chi connectivity index (χ2n) is 4.57. The van der Waals surface area contributed by atoms with Gasteiger partial charge in [-0.15, -0.1) is 0 Å². The lowest BCUT2D eigenvalue weighted by molar-refractivity contribution is -0.121. The molecule has 1 unspecified atom stereocenters. The van der Waals surface area contributed by atoms with Crippen LogP contribution in [0.3, 0.4) is 0 Å². The Balaban J connectivity index is 2.43. The number of benzene rings is 1. The highest BCUT2D eigenvalue weighted by Crippen LogP contribution is 2.33. The number of hydrogen-bond donors (Lipinski definition) is 3. The average Bonchev–Trinajstić information content (AvgIpc) is 2.43. The molecule has 0 aromatic heterocycles. The van der Waals surface area contributed by atoms with Gasteiger partial charge in [0.1, 0.15) is 11.3 Å². The zero-order chi connectivity index (χ0) is 15.7. The molecule has 1 aromatic rings. The highest BCUT2D eigenvalue weighted by Gasteiger charge is 2.40. The minimum atomic E-state index is -1.55. The quantitative estimate of drug-likeness (QED) is 0.707. The maximum atomic E-state index is 13.8. The maximum Gasteiger partial charge on any atom is 0.547 e. The number of carboxylic acids is 1. The van der Waals surface area contributed by atoms with Gasteiger partial charge in [0.2, 0.25) is 5.91 Å². The van der Waals surface area contributed by atoms with Gasteiger partial charge in [-0.3, -0.25) is 4.79 Å². The van der Waals surface area contributed by atoms with E-state index in [0.29, 0.717) is 6.07 Å². The Morgan fingerprint density at radius 1 is 1.52 bits per heavy atom. The first-order chi connectivity index (χ1) is 9.85. The Kier molecular flexibility index (Phi) is 4.12. The Morgan fingerprint density at radius 2 is 2.19 bits per heavy atom. The van der Waals surface area contributed by atoms with E-state index in [1.165, 1.54) is 0 Å². The van der Waals surface area contributed by atoms with E-state index < -0.39 is 47.9 Å². The molecule has 1 amide bonds. The fourth-order valence-corrected chi connectivity index (χ4v) is 2.09. The van der Waals surface area contributed by atoms with Crippen LogP contribution >= 0.6 is 0 Å². The number of aromatic carboxylic acids is 1. The number of amides is 1. The van der Waals surface area contributed by atoms with E-state index in [9.17, 15) is 23.4 Å². The lowest BCUT2D eigenvalue weighted by Crippen LogP contribution is -2.53.